The van der Waals surface area contributed by atoms with Crippen LogP contribution in [0.1, 0.15) is 28.8 Å². The van der Waals surface area contributed by atoms with Gasteiger partial charge in [0.05, 0.1) is 0 Å². The molecule has 1 amide bonds. The number of carbonyl (C=O) groups excluding carboxylic acids is 2. The fraction of sp³-hybridized carbons (Fsp3) is 0.391. The maximum Gasteiger partial charge on any atom is 0.292 e. The molecule has 4 rings (SSSR count). The lowest BCUT2D eigenvalue weighted by molar-refractivity contribution is -0.117. The van der Waals surface area contributed by atoms with E-state index >= 15 is 0 Å². The number of hydrogen-bond acceptors (Lipinski definition) is 5. The van der Waals surface area contributed by atoms with Crippen LogP contribution < -0.4 is 14.8 Å². The van der Waals surface area contributed by atoms with Crippen molar-refractivity contribution in [2.75, 3.05) is 32.8 Å². The number of ketones is 1. The monoisotopic (exact) mass is 394 g/mol. The van der Waals surface area contributed by atoms with Gasteiger partial charge in [0.15, 0.2) is 11.5 Å². The van der Waals surface area contributed by atoms with Gasteiger partial charge in [-0.2, -0.15) is 0 Å². The zero-order chi connectivity index (χ0) is 20.1. The van der Waals surface area contributed by atoms with Crippen LogP contribution in [0.3, 0.4) is 0 Å². The third-order valence-electron chi connectivity index (χ3n) is 5.34. The van der Waals surface area contributed by atoms with Gasteiger partial charge in [-0.05, 0) is 50.0 Å². The highest BCUT2D eigenvalue weighted by Crippen LogP contribution is 2.31. The van der Waals surface area contributed by atoms with Gasteiger partial charge in [0.1, 0.15) is 13.2 Å². The zero-order valence-corrected chi connectivity index (χ0v) is 16.4. The fourth-order valence-corrected chi connectivity index (χ4v) is 3.91. The number of nitrogens with one attached hydrogen (secondary N) is 1. The molecule has 6 heteroatoms. The SMILES string of the molecule is O=C(N[C@@H](Cc1ccc2c(c1)OCCO2)CN1CCCC1)C(=O)c1ccccc1. The zero-order valence-electron chi connectivity index (χ0n) is 16.4. The van der Waals surface area contributed by atoms with Crippen LogP contribution in [0.5, 0.6) is 11.5 Å². The standard InChI is InChI=1S/C23H26N2O4/c26-22(18-6-2-1-3-7-18)23(27)24-19(16-25-10-4-5-11-25)14-17-8-9-20-21(15-17)29-13-12-28-20/h1-3,6-9,15,19H,4-5,10-14,16H2,(H,24,27)/t19-/m0/s1. The Labute approximate surface area is 170 Å². The van der Waals surface area contributed by atoms with Crippen molar-refractivity contribution in [2.45, 2.75) is 25.3 Å². The lowest BCUT2D eigenvalue weighted by Crippen LogP contribution is -2.46. The Balaban J connectivity index is 1.47. The highest BCUT2D eigenvalue weighted by molar-refractivity contribution is 6.42. The van der Waals surface area contributed by atoms with Crippen molar-refractivity contribution in [3.63, 3.8) is 0 Å². The van der Waals surface area contributed by atoms with Gasteiger partial charge >= 0.3 is 0 Å². The van der Waals surface area contributed by atoms with E-state index in [2.05, 4.69) is 10.2 Å². The van der Waals surface area contributed by atoms with Crippen LogP contribution in [0.2, 0.25) is 0 Å². The molecule has 152 valence electrons. The molecule has 1 N–H and O–H groups in total. The summed E-state index contributed by atoms with van der Waals surface area (Å²) in [6.45, 7) is 3.88. The second kappa shape index (κ2) is 9.09. The minimum Gasteiger partial charge on any atom is -0.486 e. The lowest BCUT2D eigenvalue weighted by atomic mass is 10.0. The van der Waals surface area contributed by atoms with E-state index in [1.54, 1.807) is 24.3 Å². The van der Waals surface area contributed by atoms with Gasteiger partial charge in [-0.1, -0.05) is 36.4 Å². The maximum absolute atomic E-state index is 12.6. The summed E-state index contributed by atoms with van der Waals surface area (Å²) in [5, 5.41) is 2.97. The van der Waals surface area contributed by atoms with Gasteiger partial charge in [-0.25, -0.2) is 0 Å². The Morgan fingerprint density at radius 3 is 2.45 bits per heavy atom. The first kappa shape index (κ1) is 19.5. The number of nitrogens with zero attached hydrogens (tertiary/aromatic N) is 1. The van der Waals surface area contributed by atoms with E-state index in [0.717, 1.165) is 36.7 Å². The van der Waals surface area contributed by atoms with Gasteiger partial charge in [-0.15, -0.1) is 0 Å². The average Bonchev–Trinajstić information content (AvgIpc) is 3.26. The summed E-state index contributed by atoms with van der Waals surface area (Å²) in [7, 11) is 0. The van der Waals surface area contributed by atoms with Crippen LogP contribution in [0.4, 0.5) is 0 Å². The van der Waals surface area contributed by atoms with Gasteiger partial charge in [-0.3, -0.25) is 9.59 Å². The fourth-order valence-electron chi connectivity index (χ4n) is 3.91. The van der Waals surface area contributed by atoms with Crippen LogP contribution in [0, 0.1) is 0 Å². The van der Waals surface area contributed by atoms with Crippen LogP contribution >= 0.6 is 0 Å². The minimum atomic E-state index is -0.557. The van der Waals surface area contributed by atoms with E-state index in [-0.39, 0.29) is 6.04 Å². The smallest absolute Gasteiger partial charge is 0.292 e. The molecule has 0 aliphatic carbocycles. The molecule has 6 nitrogen and oxygen atoms in total. The highest BCUT2D eigenvalue weighted by atomic mass is 16.6. The molecule has 0 unspecified atom stereocenters. The second-order valence-corrected chi connectivity index (χ2v) is 7.56. The quantitative estimate of drug-likeness (QED) is 0.577. The number of benzene rings is 2. The third kappa shape index (κ3) is 4.95. The first-order valence-corrected chi connectivity index (χ1v) is 10.2. The molecule has 0 radical (unpaired) electrons. The van der Waals surface area contributed by atoms with Crippen molar-refractivity contribution in [3.05, 3.63) is 59.7 Å². The van der Waals surface area contributed by atoms with E-state index in [1.807, 2.05) is 24.3 Å². The number of Topliss-reactive ketones (excluding diaryl/α,β-unsaturated/α-hetero) is 1. The summed E-state index contributed by atoms with van der Waals surface area (Å²) in [4.78, 5) is 27.5. The molecule has 29 heavy (non-hydrogen) atoms. The average molecular weight is 394 g/mol. The largest absolute Gasteiger partial charge is 0.486 e. The number of amides is 1. The van der Waals surface area contributed by atoms with Crippen molar-refractivity contribution >= 4 is 11.7 Å². The van der Waals surface area contributed by atoms with E-state index < -0.39 is 11.7 Å². The number of carbonyl (C=O) groups is 2. The topological polar surface area (TPSA) is 67.9 Å². The first-order valence-electron chi connectivity index (χ1n) is 10.2. The molecule has 2 aliphatic rings. The van der Waals surface area contributed by atoms with Gasteiger partial charge < -0.3 is 19.7 Å². The Hall–Kier alpha value is -2.86. The number of fused-ring (bicyclic) bond motifs is 1. The van der Waals surface area contributed by atoms with Gasteiger partial charge in [0, 0.05) is 18.2 Å². The number of likely N-dealkylation sites (tertiary alicyclic amines) is 1. The molecule has 0 bridgehead atoms. The van der Waals surface area contributed by atoms with Crippen molar-refractivity contribution in [3.8, 4) is 11.5 Å². The Bertz CT molecular complexity index is 862. The lowest BCUT2D eigenvalue weighted by Gasteiger charge is -2.25. The van der Waals surface area contributed by atoms with Gasteiger partial charge in [0.25, 0.3) is 5.91 Å². The highest BCUT2D eigenvalue weighted by Gasteiger charge is 2.24. The van der Waals surface area contributed by atoms with Crippen LogP contribution in [0.15, 0.2) is 48.5 Å². The van der Waals surface area contributed by atoms with Crippen molar-refractivity contribution in [2.24, 2.45) is 0 Å². The third-order valence-corrected chi connectivity index (χ3v) is 5.34. The molecule has 0 aromatic heterocycles. The number of ether oxygens (including phenoxy) is 2. The molecular formula is C23H26N2O4. The van der Waals surface area contributed by atoms with E-state index in [9.17, 15) is 9.59 Å². The molecule has 2 aromatic carbocycles. The second-order valence-electron chi connectivity index (χ2n) is 7.56. The van der Waals surface area contributed by atoms with Crippen LogP contribution in [0.25, 0.3) is 0 Å². The summed E-state index contributed by atoms with van der Waals surface area (Å²) in [6.07, 6.45) is 2.97. The molecular weight excluding hydrogens is 368 g/mol. The normalized spacial score (nSPS) is 17.0. The molecule has 1 saturated heterocycles. The number of hydrogen-bond donors (Lipinski definition) is 1. The summed E-state index contributed by atoms with van der Waals surface area (Å²) >= 11 is 0. The molecule has 1 fully saturated rings. The predicted octanol–water partition coefficient (Wildman–Crippen LogP) is 2.46. The summed E-state index contributed by atoms with van der Waals surface area (Å²) in [6, 6.07) is 14.4. The minimum absolute atomic E-state index is 0.157. The Morgan fingerprint density at radius 1 is 0.966 bits per heavy atom. The molecule has 2 heterocycles. The predicted molar refractivity (Wildman–Crippen MR) is 110 cm³/mol. The van der Waals surface area contributed by atoms with Crippen molar-refractivity contribution in [1.29, 1.82) is 0 Å². The Morgan fingerprint density at radius 2 is 1.69 bits per heavy atom. The van der Waals surface area contributed by atoms with E-state index in [0.29, 0.717) is 25.2 Å². The summed E-state index contributed by atoms with van der Waals surface area (Å²) in [5.41, 5.74) is 1.45. The molecule has 0 saturated carbocycles. The number of rotatable bonds is 7. The molecule has 2 aliphatic heterocycles. The van der Waals surface area contributed by atoms with Crippen LogP contribution in [-0.4, -0.2) is 55.5 Å². The van der Waals surface area contributed by atoms with E-state index in [4.69, 9.17) is 9.47 Å². The molecule has 0 spiro atoms. The van der Waals surface area contributed by atoms with E-state index in [1.165, 1.54) is 12.8 Å². The Kier molecular flexibility index (Phi) is 6.10. The summed E-state index contributed by atoms with van der Waals surface area (Å²) < 4.78 is 11.3. The summed E-state index contributed by atoms with van der Waals surface area (Å²) in [5.74, 6) is 0.428. The van der Waals surface area contributed by atoms with Crippen molar-refractivity contribution in [1.82, 2.24) is 10.2 Å². The van der Waals surface area contributed by atoms with Crippen LogP contribution in [-0.2, 0) is 11.2 Å². The molecule has 1 atom stereocenters. The van der Waals surface area contributed by atoms with Gasteiger partial charge in [0.2, 0.25) is 5.78 Å². The molecule has 2 aromatic rings. The first-order chi connectivity index (χ1) is 14.2. The van der Waals surface area contributed by atoms with Crippen molar-refractivity contribution < 1.29 is 19.1 Å². The maximum atomic E-state index is 12.6.